The number of carbonyl (C=O) groups excluding carboxylic acids is 2. The lowest BCUT2D eigenvalue weighted by Crippen LogP contribution is -2.22. The first-order valence-electron chi connectivity index (χ1n) is 8.46. The minimum absolute atomic E-state index is 0.0921. The Bertz CT molecular complexity index is 786. The van der Waals surface area contributed by atoms with Crippen molar-refractivity contribution < 1.29 is 19.1 Å². The van der Waals surface area contributed by atoms with E-state index in [-0.39, 0.29) is 12.5 Å². The van der Waals surface area contributed by atoms with Gasteiger partial charge < -0.3 is 20.1 Å². The van der Waals surface area contributed by atoms with Crippen molar-refractivity contribution >= 4 is 33.9 Å². The molecule has 26 heavy (non-hydrogen) atoms. The van der Waals surface area contributed by atoms with Gasteiger partial charge in [-0.3, -0.25) is 4.79 Å². The summed E-state index contributed by atoms with van der Waals surface area (Å²) in [6, 6.07) is 7.37. The Balaban J connectivity index is 2.03. The average molecular weight is 376 g/mol. The summed E-state index contributed by atoms with van der Waals surface area (Å²) in [6.45, 7) is 6.08. The van der Waals surface area contributed by atoms with E-state index in [0.717, 1.165) is 28.3 Å². The minimum atomic E-state index is -0.419. The Morgan fingerprint density at radius 1 is 1.19 bits per heavy atom. The molecule has 0 unspecified atom stereocenters. The number of carbonyl (C=O) groups is 2. The van der Waals surface area contributed by atoms with Crippen molar-refractivity contribution in [3.8, 4) is 5.75 Å². The van der Waals surface area contributed by atoms with E-state index in [1.54, 1.807) is 20.1 Å². The van der Waals surface area contributed by atoms with E-state index in [9.17, 15) is 9.59 Å². The van der Waals surface area contributed by atoms with E-state index in [0.29, 0.717) is 17.2 Å². The summed E-state index contributed by atoms with van der Waals surface area (Å²) in [5.41, 5.74) is 2.24. The van der Waals surface area contributed by atoms with Crippen LogP contribution >= 0.6 is 11.3 Å². The summed E-state index contributed by atoms with van der Waals surface area (Å²) in [7, 11) is 1.61. The number of benzene rings is 1. The maximum Gasteiger partial charge on any atom is 0.341 e. The maximum atomic E-state index is 12.3. The maximum absolute atomic E-state index is 12.3. The zero-order chi connectivity index (χ0) is 19.1. The number of ether oxygens (including phenoxy) is 2. The normalized spacial score (nSPS) is 10.3. The van der Waals surface area contributed by atoms with E-state index >= 15 is 0 Å². The highest BCUT2D eigenvalue weighted by Gasteiger charge is 2.18. The van der Waals surface area contributed by atoms with E-state index in [4.69, 9.17) is 9.47 Å². The molecular weight excluding hydrogens is 352 g/mol. The van der Waals surface area contributed by atoms with Crippen LogP contribution in [0.3, 0.4) is 0 Å². The molecule has 0 spiro atoms. The molecule has 1 aromatic carbocycles. The number of rotatable bonds is 8. The van der Waals surface area contributed by atoms with E-state index < -0.39 is 5.97 Å². The van der Waals surface area contributed by atoms with Crippen LogP contribution in [-0.4, -0.2) is 32.1 Å². The largest absolute Gasteiger partial charge is 0.497 e. The van der Waals surface area contributed by atoms with Crippen molar-refractivity contribution in [3.05, 3.63) is 40.3 Å². The van der Waals surface area contributed by atoms with Crippen LogP contribution in [0, 0.1) is 6.92 Å². The van der Waals surface area contributed by atoms with Crippen molar-refractivity contribution in [1.29, 1.82) is 0 Å². The third-order valence-corrected chi connectivity index (χ3v) is 4.95. The second kappa shape index (κ2) is 9.24. The number of aryl methyl sites for hydroxylation is 2. The standard InChI is InChI=1S/C19H24N2O4S/c1-5-14-10-15(19(23)25-6-2)18(26-14)21-17(22)11-20-16-8-7-13(24-4)9-12(16)3/h7-10,20H,5-6,11H2,1-4H3,(H,21,22). The molecule has 2 rings (SSSR count). The third-order valence-electron chi connectivity index (χ3n) is 3.75. The number of nitrogens with one attached hydrogen (secondary N) is 2. The van der Waals surface area contributed by atoms with Crippen LogP contribution < -0.4 is 15.4 Å². The molecule has 0 fully saturated rings. The Morgan fingerprint density at radius 3 is 2.58 bits per heavy atom. The molecule has 1 heterocycles. The van der Waals surface area contributed by atoms with Gasteiger partial charge in [-0.15, -0.1) is 11.3 Å². The molecule has 0 radical (unpaired) electrons. The zero-order valence-corrected chi connectivity index (χ0v) is 16.3. The predicted octanol–water partition coefficient (Wildman–Crippen LogP) is 3.85. The first-order valence-corrected chi connectivity index (χ1v) is 9.28. The molecule has 7 heteroatoms. The molecule has 0 aliphatic carbocycles. The quantitative estimate of drug-likeness (QED) is 0.684. The average Bonchev–Trinajstić information content (AvgIpc) is 3.03. The van der Waals surface area contributed by atoms with Gasteiger partial charge in [0.1, 0.15) is 10.8 Å². The number of anilines is 2. The van der Waals surface area contributed by atoms with E-state index in [1.807, 2.05) is 32.0 Å². The van der Waals surface area contributed by atoms with Crippen LogP contribution in [-0.2, 0) is 16.0 Å². The van der Waals surface area contributed by atoms with Gasteiger partial charge in [0, 0.05) is 10.6 Å². The first kappa shape index (κ1) is 19.8. The minimum Gasteiger partial charge on any atom is -0.497 e. The number of thiophene rings is 1. The second-order valence-electron chi connectivity index (χ2n) is 5.61. The number of methoxy groups -OCH3 is 1. The van der Waals surface area contributed by atoms with Crippen molar-refractivity contribution in [2.75, 3.05) is 30.9 Å². The fourth-order valence-corrected chi connectivity index (χ4v) is 3.38. The summed E-state index contributed by atoms with van der Waals surface area (Å²) < 4.78 is 10.2. The number of hydrogen-bond donors (Lipinski definition) is 2. The molecule has 0 bridgehead atoms. The lowest BCUT2D eigenvalue weighted by molar-refractivity contribution is -0.114. The van der Waals surface area contributed by atoms with Gasteiger partial charge in [-0.25, -0.2) is 4.79 Å². The van der Waals surface area contributed by atoms with Crippen LogP contribution in [0.15, 0.2) is 24.3 Å². The van der Waals surface area contributed by atoms with Crippen LogP contribution in [0.25, 0.3) is 0 Å². The lowest BCUT2D eigenvalue weighted by atomic mass is 10.2. The molecule has 1 aromatic heterocycles. The van der Waals surface area contributed by atoms with E-state index in [1.165, 1.54) is 11.3 Å². The van der Waals surface area contributed by atoms with Gasteiger partial charge in [-0.1, -0.05) is 6.92 Å². The first-order chi connectivity index (χ1) is 12.5. The highest BCUT2D eigenvalue weighted by molar-refractivity contribution is 7.16. The second-order valence-corrected chi connectivity index (χ2v) is 6.75. The number of amides is 1. The summed E-state index contributed by atoms with van der Waals surface area (Å²) in [5, 5.41) is 6.43. The fourth-order valence-electron chi connectivity index (χ4n) is 2.38. The Morgan fingerprint density at radius 2 is 1.96 bits per heavy atom. The predicted molar refractivity (Wildman–Crippen MR) is 105 cm³/mol. The van der Waals surface area contributed by atoms with Crippen LogP contribution in [0.4, 0.5) is 10.7 Å². The van der Waals surface area contributed by atoms with Crippen molar-refractivity contribution in [2.45, 2.75) is 27.2 Å². The SMILES string of the molecule is CCOC(=O)c1cc(CC)sc1NC(=O)CNc1ccc(OC)cc1C. The molecule has 140 valence electrons. The molecular formula is C19H24N2O4S. The van der Waals surface area contributed by atoms with Gasteiger partial charge in [0.2, 0.25) is 5.91 Å². The molecule has 0 aliphatic rings. The lowest BCUT2D eigenvalue weighted by Gasteiger charge is -2.11. The summed E-state index contributed by atoms with van der Waals surface area (Å²) in [5.74, 6) is 0.121. The molecule has 0 saturated carbocycles. The van der Waals surface area contributed by atoms with Gasteiger partial charge >= 0.3 is 5.97 Å². The monoisotopic (exact) mass is 376 g/mol. The summed E-state index contributed by atoms with van der Waals surface area (Å²) >= 11 is 1.39. The van der Waals surface area contributed by atoms with Crippen LogP contribution in [0.2, 0.25) is 0 Å². The Labute approximate surface area is 157 Å². The van der Waals surface area contributed by atoms with Gasteiger partial charge in [-0.05, 0) is 50.1 Å². The van der Waals surface area contributed by atoms with Crippen molar-refractivity contribution in [3.63, 3.8) is 0 Å². The molecule has 6 nitrogen and oxygen atoms in total. The zero-order valence-electron chi connectivity index (χ0n) is 15.5. The number of esters is 1. The molecule has 0 aliphatic heterocycles. The Hall–Kier alpha value is -2.54. The summed E-state index contributed by atoms with van der Waals surface area (Å²) in [4.78, 5) is 25.4. The highest BCUT2D eigenvalue weighted by Crippen LogP contribution is 2.29. The molecule has 1 amide bonds. The van der Waals surface area contributed by atoms with Gasteiger partial charge in [-0.2, -0.15) is 0 Å². The molecule has 2 aromatic rings. The highest BCUT2D eigenvalue weighted by atomic mass is 32.1. The summed E-state index contributed by atoms with van der Waals surface area (Å²) in [6.07, 6.45) is 0.788. The van der Waals surface area contributed by atoms with Crippen molar-refractivity contribution in [1.82, 2.24) is 0 Å². The van der Waals surface area contributed by atoms with Gasteiger partial charge in [0.25, 0.3) is 0 Å². The molecule has 0 atom stereocenters. The van der Waals surface area contributed by atoms with Gasteiger partial charge in [0.15, 0.2) is 0 Å². The van der Waals surface area contributed by atoms with Crippen molar-refractivity contribution in [2.24, 2.45) is 0 Å². The smallest absolute Gasteiger partial charge is 0.341 e. The Kier molecular flexibility index (Phi) is 7.03. The van der Waals surface area contributed by atoms with Crippen LogP contribution in [0.1, 0.15) is 34.6 Å². The fraction of sp³-hybridized carbons (Fsp3) is 0.368. The number of hydrogen-bond acceptors (Lipinski definition) is 6. The van der Waals surface area contributed by atoms with Gasteiger partial charge in [0.05, 0.1) is 25.8 Å². The van der Waals surface area contributed by atoms with Crippen LogP contribution in [0.5, 0.6) is 5.75 Å². The van der Waals surface area contributed by atoms with E-state index in [2.05, 4.69) is 10.6 Å². The topological polar surface area (TPSA) is 76.7 Å². The third kappa shape index (κ3) is 4.98. The molecule has 0 saturated heterocycles. The molecule has 2 N–H and O–H groups in total.